The minimum absolute atomic E-state index is 0.395. The van der Waals surface area contributed by atoms with E-state index in [0.717, 1.165) is 22.4 Å². The quantitative estimate of drug-likeness (QED) is 0.753. The number of hydrogen-bond acceptors (Lipinski definition) is 4. The van der Waals surface area contributed by atoms with E-state index in [9.17, 15) is 9.59 Å². The highest BCUT2D eigenvalue weighted by molar-refractivity contribution is 5.84. The molecule has 116 valence electrons. The molecule has 0 saturated carbocycles. The zero-order chi connectivity index (χ0) is 16.6. The molecule has 1 N–H and O–H groups in total. The summed E-state index contributed by atoms with van der Waals surface area (Å²) in [5.41, 5.74) is 4.96. The molecule has 23 heavy (non-hydrogen) atoms. The summed E-state index contributed by atoms with van der Waals surface area (Å²) in [4.78, 5) is 28.2. The average molecular weight is 306 g/mol. The molecule has 0 spiro atoms. The van der Waals surface area contributed by atoms with Gasteiger partial charge in [0.2, 0.25) is 10.9 Å². The Labute approximate surface area is 134 Å². The second-order valence-corrected chi connectivity index (χ2v) is 5.83. The van der Waals surface area contributed by atoms with Crippen LogP contribution >= 0.6 is 0 Å². The predicted molar refractivity (Wildman–Crippen MR) is 92.6 cm³/mol. The molecule has 0 unspecified atom stereocenters. The summed E-state index contributed by atoms with van der Waals surface area (Å²) in [7, 11) is 0. The maximum Gasteiger partial charge on any atom is 0.250 e. The topological polar surface area (TPSA) is 59.1 Å². The third-order valence-electron chi connectivity index (χ3n) is 4.19. The molecule has 0 amide bonds. The molecular formula is C19H18N2O2. The number of pyridine rings is 1. The van der Waals surface area contributed by atoms with Gasteiger partial charge in [-0.1, -0.05) is 18.2 Å². The van der Waals surface area contributed by atoms with Crippen molar-refractivity contribution in [2.45, 2.75) is 27.3 Å². The first kappa shape index (κ1) is 15.2. The first-order valence-corrected chi connectivity index (χ1v) is 7.54. The Morgan fingerprint density at radius 2 is 1.70 bits per heavy atom. The van der Waals surface area contributed by atoms with Gasteiger partial charge in [-0.05, 0) is 55.2 Å². The number of hydrogen-bond donors (Lipinski definition) is 1. The molecule has 0 aliphatic heterocycles. The molecule has 1 heterocycles. The lowest BCUT2D eigenvalue weighted by Gasteiger charge is -2.16. The van der Waals surface area contributed by atoms with Crippen LogP contribution in [0, 0.1) is 20.8 Å². The monoisotopic (exact) mass is 306 g/mol. The number of anilines is 1. The largest absolute Gasteiger partial charge is 0.375 e. The molecule has 3 aromatic rings. The van der Waals surface area contributed by atoms with Crippen molar-refractivity contribution in [1.29, 1.82) is 0 Å². The lowest BCUT2D eigenvalue weighted by Crippen LogP contribution is -2.36. The Morgan fingerprint density at radius 3 is 2.39 bits per heavy atom. The fourth-order valence-corrected chi connectivity index (χ4v) is 2.73. The van der Waals surface area contributed by atoms with Crippen LogP contribution in [0.5, 0.6) is 0 Å². The van der Waals surface area contributed by atoms with Crippen molar-refractivity contribution in [3.63, 3.8) is 0 Å². The summed E-state index contributed by atoms with van der Waals surface area (Å²) in [6.07, 6.45) is 1.70. The molecule has 0 radical (unpaired) electrons. The Morgan fingerprint density at radius 1 is 0.957 bits per heavy atom. The van der Waals surface area contributed by atoms with Gasteiger partial charge in [0.05, 0.1) is 23.5 Å². The molecule has 1 aromatic heterocycles. The molecule has 0 aliphatic rings. The summed E-state index contributed by atoms with van der Waals surface area (Å²) in [6, 6.07) is 9.63. The maximum atomic E-state index is 12.1. The Balaban J connectivity index is 1.96. The van der Waals surface area contributed by atoms with Crippen molar-refractivity contribution < 1.29 is 0 Å². The summed E-state index contributed by atoms with van der Waals surface area (Å²) in [6.45, 7) is 6.42. The number of aromatic nitrogens is 1. The van der Waals surface area contributed by atoms with E-state index in [1.165, 1.54) is 5.56 Å². The molecular weight excluding hydrogens is 288 g/mol. The van der Waals surface area contributed by atoms with E-state index in [1.807, 2.05) is 51.1 Å². The Kier molecular flexibility index (Phi) is 3.82. The van der Waals surface area contributed by atoms with Gasteiger partial charge in [0.1, 0.15) is 0 Å². The minimum atomic E-state index is -0.450. The highest BCUT2D eigenvalue weighted by atomic mass is 16.2. The van der Waals surface area contributed by atoms with Crippen LogP contribution in [0.4, 0.5) is 5.69 Å². The summed E-state index contributed by atoms with van der Waals surface area (Å²) < 4.78 is 0. The van der Waals surface area contributed by atoms with E-state index in [0.29, 0.717) is 17.8 Å². The van der Waals surface area contributed by atoms with Crippen LogP contribution in [0.2, 0.25) is 0 Å². The van der Waals surface area contributed by atoms with E-state index in [4.69, 9.17) is 0 Å². The maximum absolute atomic E-state index is 12.1. The third kappa shape index (κ3) is 2.68. The predicted octanol–water partition coefficient (Wildman–Crippen LogP) is 2.88. The molecule has 2 aromatic carbocycles. The van der Waals surface area contributed by atoms with Crippen LogP contribution in [-0.4, -0.2) is 4.98 Å². The van der Waals surface area contributed by atoms with Crippen molar-refractivity contribution in [3.05, 3.63) is 79.4 Å². The van der Waals surface area contributed by atoms with Gasteiger partial charge in [0.25, 0.3) is 0 Å². The van der Waals surface area contributed by atoms with Crippen LogP contribution < -0.4 is 16.2 Å². The summed E-state index contributed by atoms with van der Waals surface area (Å²) >= 11 is 0. The SMILES string of the molecule is Cc1cc(C)c(-c2c(NCc3ccccn3)c(=O)c2=O)cc1C. The van der Waals surface area contributed by atoms with E-state index >= 15 is 0 Å². The van der Waals surface area contributed by atoms with Gasteiger partial charge >= 0.3 is 0 Å². The van der Waals surface area contributed by atoms with E-state index in [2.05, 4.69) is 10.3 Å². The van der Waals surface area contributed by atoms with Crippen LogP contribution in [0.1, 0.15) is 22.4 Å². The van der Waals surface area contributed by atoms with Crippen LogP contribution in [0.15, 0.2) is 46.1 Å². The van der Waals surface area contributed by atoms with Crippen LogP contribution in [0.25, 0.3) is 11.1 Å². The molecule has 0 saturated heterocycles. The highest BCUT2D eigenvalue weighted by Crippen LogP contribution is 2.29. The van der Waals surface area contributed by atoms with Crippen molar-refractivity contribution in [2.24, 2.45) is 0 Å². The van der Waals surface area contributed by atoms with E-state index in [-0.39, 0.29) is 0 Å². The number of nitrogens with one attached hydrogen (secondary N) is 1. The van der Waals surface area contributed by atoms with E-state index < -0.39 is 10.9 Å². The molecule has 0 bridgehead atoms. The molecule has 4 nitrogen and oxygen atoms in total. The van der Waals surface area contributed by atoms with E-state index in [1.54, 1.807) is 6.20 Å². The fraction of sp³-hybridized carbons (Fsp3) is 0.211. The van der Waals surface area contributed by atoms with Gasteiger partial charge in [-0.3, -0.25) is 14.6 Å². The van der Waals surface area contributed by atoms with Gasteiger partial charge in [-0.15, -0.1) is 0 Å². The molecule has 4 heteroatoms. The van der Waals surface area contributed by atoms with Crippen molar-refractivity contribution in [3.8, 4) is 11.1 Å². The number of aryl methyl sites for hydroxylation is 3. The smallest absolute Gasteiger partial charge is 0.250 e. The molecule has 0 fully saturated rings. The van der Waals surface area contributed by atoms with Crippen molar-refractivity contribution in [2.75, 3.05) is 5.32 Å². The summed E-state index contributed by atoms with van der Waals surface area (Å²) in [5.74, 6) is 0. The minimum Gasteiger partial charge on any atom is -0.375 e. The van der Waals surface area contributed by atoms with Gasteiger partial charge in [0, 0.05) is 6.20 Å². The Bertz CT molecular complexity index is 936. The second-order valence-electron chi connectivity index (χ2n) is 5.83. The van der Waals surface area contributed by atoms with Crippen LogP contribution in [0.3, 0.4) is 0 Å². The molecule has 0 aliphatic carbocycles. The molecule has 3 rings (SSSR count). The first-order valence-electron chi connectivity index (χ1n) is 7.54. The first-order chi connectivity index (χ1) is 11.0. The van der Waals surface area contributed by atoms with Gasteiger partial charge in [-0.2, -0.15) is 0 Å². The zero-order valence-corrected chi connectivity index (χ0v) is 13.4. The zero-order valence-electron chi connectivity index (χ0n) is 13.4. The summed E-state index contributed by atoms with van der Waals surface area (Å²) in [5, 5.41) is 3.07. The van der Waals surface area contributed by atoms with Gasteiger partial charge in [0.15, 0.2) is 0 Å². The Hall–Kier alpha value is -2.75. The molecule has 0 atom stereocenters. The normalized spacial score (nSPS) is 10.9. The third-order valence-corrected chi connectivity index (χ3v) is 4.19. The van der Waals surface area contributed by atoms with Crippen molar-refractivity contribution in [1.82, 2.24) is 4.98 Å². The average Bonchev–Trinajstić information content (AvgIpc) is 2.55. The number of rotatable bonds is 4. The lowest BCUT2D eigenvalue weighted by molar-refractivity contribution is 1.04. The fourth-order valence-electron chi connectivity index (χ4n) is 2.73. The van der Waals surface area contributed by atoms with Crippen molar-refractivity contribution >= 4 is 5.69 Å². The standard InChI is InChI=1S/C19H18N2O2/c1-11-8-13(3)15(9-12(11)2)16-17(19(23)18(16)22)21-10-14-6-4-5-7-20-14/h4-9,21H,10H2,1-3H3. The number of nitrogens with zero attached hydrogens (tertiary/aromatic N) is 1. The number of benzene rings is 1. The second kappa shape index (κ2) is 5.80. The van der Waals surface area contributed by atoms with Crippen LogP contribution in [-0.2, 0) is 6.54 Å². The highest BCUT2D eigenvalue weighted by Gasteiger charge is 2.23. The van der Waals surface area contributed by atoms with Gasteiger partial charge < -0.3 is 5.32 Å². The lowest BCUT2D eigenvalue weighted by atomic mass is 9.91. The van der Waals surface area contributed by atoms with Gasteiger partial charge in [-0.25, -0.2) is 0 Å².